The van der Waals surface area contributed by atoms with Crippen molar-refractivity contribution in [3.8, 4) is 0 Å². The van der Waals surface area contributed by atoms with Gasteiger partial charge in [0, 0.05) is 23.7 Å². The lowest BCUT2D eigenvalue weighted by Crippen LogP contribution is -2.21. The van der Waals surface area contributed by atoms with Gasteiger partial charge in [0.25, 0.3) is 0 Å². The number of nitrogens with two attached hydrogens (primary N) is 1. The van der Waals surface area contributed by atoms with Crippen molar-refractivity contribution in [2.24, 2.45) is 5.73 Å². The monoisotopic (exact) mass is 292 g/mol. The Bertz CT molecular complexity index is 502. The third kappa shape index (κ3) is 4.27. The Morgan fingerprint density at radius 3 is 2.76 bits per heavy atom. The van der Waals surface area contributed by atoms with E-state index in [0.29, 0.717) is 24.1 Å². The minimum Gasteiger partial charge on any atom is -0.326 e. The first-order chi connectivity index (χ1) is 10.1. The molecule has 1 aromatic carbocycles. The zero-order valence-corrected chi connectivity index (χ0v) is 12.8. The van der Waals surface area contributed by atoms with Gasteiger partial charge in [-0.1, -0.05) is 39.0 Å². The van der Waals surface area contributed by atoms with Gasteiger partial charge in [0.2, 0.25) is 5.91 Å². The van der Waals surface area contributed by atoms with E-state index in [4.69, 9.17) is 5.73 Å². The molecule has 0 radical (unpaired) electrons. The molecule has 116 valence electrons. The highest BCUT2D eigenvalue weighted by atomic mass is 19.1. The van der Waals surface area contributed by atoms with Gasteiger partial charge in [0.1, 0.15) is 5.82 Å². The molecule has 0 aromatic heterocycles. The molecule has 0 saturated heterocycles. The van der Waals surface area contributed by atoms with Crippen LogP contribution in [0.4, 0.5) is 10.1 Å². The molecule has 0 saturated carbocycles. The summed E-state index contributed by atoms with van der Waals surface area (Å²) >= 11 is 0. The van der Waals surface area contributed by atoms with Crippen LogP contribution in [0.3, 0.4) is 0 Å². The number of fused-ring (bicyclic) bond motifs is 1. The number of hydrogen-bond acceptors (Lipinski definition) is 2. The van der Waals surface area contributed by atoms with Crippen LogP contribution in [-0.2, 0) is 11.2 Å². The highest BCUT2D eigenvalue weighted by Crippen LogP contribution is 2.29. The van der Waals surface area contributed by atoms with E-state index >= 15 is 0 Å². The number of benzene rings is 1. The average molecular weight is 292 g/mol. The number of nitrogens with one attached hydrogen (secondary N) is 1. The van der Waals surface area contributed by atoms with Crippen LogP contribution >= 0.6 is 0 Å². The minimum atomic E-state index is -0.308. The summed E-state index contributed by atoms with van der Waals surface area (Å²) in [6.45, 7) is 2.19. The van der Waals surface area contributed by atoms with Gasteiger partial charge in [-0.2, -0.15) is 0 Å². The third-order valence-electron chi connectivity index (χ3n) is 4.14. The number of carbonyl (C=O) groups excluding carboxylic acids is 1. The second-order valence-electron chi connectivity index (χ2n) is 5.89. The summed E-state index contributed by atoms with van der Waals surface area (Å²) < 4.78 is 14.2. The van der Waals surface area contributed by atoms with E-state index < -0.39 is 0 Å². The standard InChI is InChI=1S/C17H25FN2O/c1-2-3-4-5-6-7-15(19)13-10-12-8-9-17(21)20-16(12)11-14(13)18/h10-11,15H,2-9,19H2,1H3,(H,20,21). The molecule has 1 atom stereocenters. The summed E-state index contributed by atoms with van der Waals surface area (Å²) in [4.78, 5) is 11.3. The van der Waals surface area contributed by atoms with Crippen molar-refractivity contribution in [1.29, 1.82) is 0 Å². The van der Waals surface area contributed by atoms with Crippen molar-refractivity contribution in [2.75, 3.05) is 5.32 Å². The molecule has 1 amide bonds. The van der Waals surface area contributed by atoms with E-state index in [1.807, 2.05) is 6.07 Å². The van der Waals surface area contributed by atoms with Crippen molar-refractivity contribution >= 4 is 11.6 Å². The molecule has 3 nitrogen and oxygen atoms in total. The van der Waals surface area contributed by atoms with Gasteiger partial charge in [-0.05, 0) is 30.5 Å². The Kier molecular flexibility index (Phi) is 5.74. The Morgan fingerprint density at radius 1 is 1.24 bits per heavy atom. The molecule has 0 spiro atoms. The second kappa shape index (κ2) is 7.55. The smallest absolute Gasteiger partial charge is 0.224 e. The molecule has 1 heterocycles. The van der Waals surface area contributed by atoms with Gasteiger partial charge in [0.05, 0.1) is 0 Å². The molecule has 21 heavy (non-hydrogen) atoms. The van der Waals surface area contributed by atoms with E-state index in [9.17, 15) is 9.18 Å². The van der Waals surface area contributed by atoms with Gasteiger partial charge in [-0.3, -0.25) is 4.79 Å². The van der Waals surface area contributed by atoms with E-state index in [2.05, 4.69) is 12.2 Å². The van der Waals surface area contributed by atoms with Gasteiger partial charge in [-0.15, -0.1) is 0 Å². The van der Waals surface area contributed by atoms with Crippen LogP contribution in [0.25, 0.3) is 0 Å². The lowest BCUT2D eigenvalue weighted by Gasteiger charge is -2.20. The average Bonchev–Trinajstić information content (AvgIpc) is 2.46. The molecule has 3 N–H and O–H groups in total. The number of rotatable bonds is 7. The van der Waals surface area contributed by atoms with Crippen molar-refractivity contribution in [1.82, 2.24) is 0 Å². The van der Waals surface area contributed by atoms with E-state index in [0.717, 1.165) is 24.8 Å². The fraction of sp³-hybridized carbons (Fsp3) is 0.588. The van der Waals surface area contributed by atoms with Crippen LogP contribution in [0.15, 0.2) is 12.1 Å². The topological polar surface area (TPSA) is 55.1 Å². The number of halogens is 1. The highest BCUT2D eigenvalue weighted by molar-refractivity contribution is 5.93. The van der Waals surface area contributed by atoms with Crippen LogP contribution in [0.5, 0.6) is 0 Å². The van der Waals surface area contributed by atoms with Crippen LogP contribution in [0.2, 0.25) is 0 Å². The molecule has 0 fully saturated rings. The first-order valence-corrected chi connectivity index (χ1v) is 7.99. The zero-order valence-electron chi connectivity index (χ0n) is 12.8. The summed E-state index contributed by atoms with van der Waals surface area (Å²) in [6.07, 6.45) is 7.83. The maximum atomic E-state index is 14.2. The summed E-state index contributed by atoms with van der Waals surface area (Å²) in [7, 11) is 0. The predicted octanol–water partition coefficient (Wildman–Crippen LogP) is 4.07. The first kappa shape index (κ1) is 16.0. The summed E-state index contributed by atoms with van der Waals surface area (Å²) in [5.74, 6) is -0.355. The molecule has 2 rings (SSSR count). The van der Waals surface area contributed by atoms with E-state index in [1.165, 1.54) is 25.3 Å². The van der Waals surface area contributed by atoms with Gasteiger partial charge in [-0.25, -0.2) is 4.39 Å². The Labute approximate surface area is 126 Å². The van der Waals surface area contributed by atoms with Crippen molar-refractivity contribution in [3.63, 3.8) is 0 Å². The third-order valence-corrected chi connectivity index (χ3v) is 4.14. The normalized spacial score (nSPS) is 15.5. The van der Waals surface area contributed by atoms with Crippen LogP contribution in [0.1, 0.15) is 69.0 Å². The van der Waals surface area contributed by atoms with Crippen LogP contribution < -0.4 is 11.1 Å². The molecule has 1 unspecified atom stereocenters. The molecule has 1 aliphatic heterocycles. The number of anilines is 1. The predicted molar refractivity (Wildman–Crippen MR) is 83.7 cm³/mol. The van der Waals surface area contributed by atoms with Crippen LogP contribution in [0, 0.1) is 5.82 Å². The van der Waals surface area contributed by atoms with Crippen molar-refractivity contribution < 1.29 is 9.18 Å². The lowest BCUT2D eigenvalue weighted by atomic mass is 9.94. The fourth-order valence-corrected chi connectivity index (χ4v) is 2.83. The van der Waals surface area contributed by atoms with E-state index in [1.54, 1.807) is 0 Å². The number of unbranched alkanes of at least 4 members (excludes halogenated alkanes) is 4. The number of hydrogen-bond donors (Lipinski definition) is 2. The second-order valence-corrected chi connectivity index (χ2v) is 5.89. The molecule has 0 bridgehead atoms. The Balaban J connectivity index is 1.97. The molecule has 1 aliphatic rings. The van der Waals surface area contributed by atoms with Gasteiger partial charge >= 0.3 is 0 Å². The summed E-state index contributed by atoms with van der Waals surface area (Å²) in [5.41, 5.74) is 8.32. The van der Waals surface area contributed by atoms with Crippen LogP contribution in [-0.4, -0.2) is 5.91 Å². The maximum absolute atomic E-state index is 14.2. The zero-order chi connectivity index (χ0) is 15.2. The molecule has 1 aromatic rings. The molecular formula is C17H25FN2O. The molecule has 0 aliphatic carbocycles. The lowest BCUT2D eigenvalue weighted by molar-refractivity contribution is -0.116. The highest BCUT2D eigenvalue weighted by Gasteiger charge is 2.20. The van der Waals surface area contributed by atoms with Gasteiger partial charge in [0.15, 0.2) is 0 Å². The quantitative estimate of drug-likeness (QED) is 0.744. The Morgan fingerprint density at radius 2 is 2.00 bits per heavy atom. The maximum Gasteiger partial charge on any atom is 0.224 e. The molecule has 4 heteroatoms. The largest absolute Gasteiger partial charge is 0.326 e. The van der Waals surface area contributed by atoms with Crippen molar-refractivity contribution in [2.45, 2.75) is 64.3 Å². The number of aryl methyl sites for hydroxylation is 1. The first-order valence-electron chi connectivity index (χ1n) is 7.99. The summed E-state index contributed by atoms with van der Waals surface area (Å²) in [5, 5.41) is 2.71. The van der Waals surface area contributed by atoms with Gasteiger partial charge < -0.3 is 11.1 Å². The van der Waals surface area contributed by atoms with E-state index in [-0.39, 0.29) is 17.8 Å². The number of amides is 1. The fourth-order valence-electron chi connectivity index (χ4n) is 2.83. The molecular weight excluding hydrogens is 267 g/mol. The number of carbonyl (C=O) groups is 1. The Hall–Kier alpha value is -1.42. The SMILES string of the molecule is CCCCCCCC(N)c1cc2c(cc1F)NC(=O)CC2. The minimum absolute atomic E-state index is 0.0464. The van der Waals surface area contributed by atoms with Crippen molar-refractivity contribution in [3.05, 3.63) is 29.1 Å². The summed E-state index contributed by atoms with van der Waals surface area (Å²) in [6, 6.07) is 2.99.